The Bertz CT molecular complexity index is 617. The number of anilines is 1. The lowest BCUT2D eigenvalue weighted by Crippen LogP contribution is -2.24. The highest BCUT2D eigenvalue weighted by Crippen LogP contribution is 2.27. The summed E-state index contributed by atoms with van der Waals surface area (Å²) in [5.41, 5.74) is 0.844. The average Bonchev–Trinajstić information content (AvgIpc) is 3.14. The molecule has 1 unspecified atom stereocenters. The van der Waals surface area contributed by atoms with Crippen LogP contribution in [0.2, 0.25) is 0 Å². The molecule has 2 aromatic rings. The number of nitrogens with one attached hydrogen (secondary N) is 2. The van der Waals surface area contributed by atoms with E-state index in [1.165, 1.54) is 0 Å². The quantitative estimate of drug-likeness (QED) is 0.908. The van der Waals surface area contributed by atoms with Crippen LogP contribution in [0.5, 0.6) is 0 Å². The summed E-state index contributed by atoms with van der Waals surface area (Å²) < 4.78 is 1.98. The van der Waals surface area contributed by atoms with Gasteiger partial charge in [0.25, 0.3) is 0 Å². The summed E-state index contributed by atoms with van der Waals surface area (Å²) >= 11 is 1.60. The van der Waals surface area contributed by atoms with Gasteiger partial charge in [-0.25, -0.2) is 4.98 Å². The number of aromatic nitrogens is 2. The molecule has 0 radical (unpaired) electrons. The second-order valence-electron chi connectivity index (χ2n) is 5.13. The van der Waals surface area contributed by atoms with E-state index in [-0.39, 0.29) is 11.8 Å². The molecule has 2 N–H and O–H groups in total. The standard InChI is InChI=1S/C15H18N4OS/c1-19-9-8-17-15(19)21-13-4-2-12(3-5-13)18-14(20)11-6-7-16-10-11/h2-5,8-9,11,16H,6-7,10H2,1H3,(H,18,20). The van der Waals surface area contributed by atoms with Crippen molar-refractivity contribution in [2.45, 2.75) is 16.5 Å². The summed E-state index contributed by atoms with van der Waals surface area (Å²) in [5.74, 6) is 0.191. The molecule has 0 saturated carbocycles. The highest BCUT2D eigenvalue weighted by molar-refractivity contribution is 7.99. The number of aryl methyl sites for hydroxylation is 1. The van der Waals surface area contributed by atoms with E-state index in [0.717, 1.165) is 35.2 Å². The van der Waals surface area contributed by atoms with Gasteiger partial charge in [-0.2, -0.15) is 0 Å². The van der Waals surface area contributed by atoms with Crippen LogP contribution in [0.3, 0.4) is 0 Å². The summed E-state index contributed by atoms with van der Waals surface area (Å²) in [6, 6.07) is 7.88. The highest BCUT2D eigenvalue weighted by Gasteiger charge is 2.22. The molecule has 110 valence electrons. The Hall–Kier alpha value is -1.79. The lowest BCUT2D eigenvalue weighted by Gasteiger charge is -2.10. The average molecular weight is 302 g/mol. The molecule has 5 nitrogen and oxygen atoms in total. The molecular formula is C15H18N4OS. The SMILES string of the molecule is Cn1ccnc1Sc1ccc(NC(=O)C2CCNC2)cc1. The van der Waals surface area contributed by atoms with Gasteiger partial charge < -0.3 is 15.2 Å². The van der Waals surface area contributed by atoms with Gasteiger partial charge in [0.2, 0.25) is 5.91 Å². The largest absolute Gasteiger partial charge is 0.329 e. The predicted molar refractivity (Wildman–Crippen MR) is 83.4 cm³/mol. The molecule has 1 aromatic carbocycles. The van der Waals surface area contributed by atoms with E-state index in [2.05, 4.69) is 15.6 Å². The maximum atomic E-state index is 12.0. The van der Waals surface area contributed by atoms with Gasteiger partial charge in [-0.1, -0.05) is 11.8 Å². The first-order valence-electron chi connectivity index (χ1n) is 6.99. The summed E-state index contributed by atoms with van der Waals surface area (Å²) in [6.07, 6.45) is 4.62. The molecule has 6 heteroatoms. The normalized spacial score (nSPS) is 17.9. The van der Waals surface area contributed by atoms with E-state index in [4.69, 9.17) is 0 Å². The van der Waals surface area contributed by atoms with Crippen LogP contribution in [-0.4, -0.2) is 28.5 Å². The second kappa shape index (κ2) is 6.32. The van der Waals surface area contributed by atoms with Crippen molar-refractivity contribution < 1.29 is 4.79 Å². The first-order valence-corrected chi connectivity index (χ1v) is 7.81. The molecule has 1 atom stereocenters. The van der Waals surface area contributed by atoms with Crippen LogP contribution >= 0.6 is 11.8 Å². The number of hydrogen-bond acceptors (Lipinski definition) is 4. The van der Waals surface area contributed by atoms with Gasteiger partial charge >= 0.3 is 0 Å². The second-order valence-corrected chi connectivity index (χ2v) is 6.17. The predicted octanol–water partition coefficient (Wildman–Crippen LogP) is 2.12. The van der Waals surface area contributed by atoms with Gasteiger partial charge in [-0.15, -0.1) is 0 Å². The number of benzene rings is 1. The van der Waals surface area contributed by atoms with Crippen molar-refractivity contribution in [3.63, 3.8) is 0 Å². The Morgan fingerprint density at radius 3 is 2.86 bits per heavy atom. The Morgan fingerprint density at radius 2 is 2.24 bits per heavy atom. The first kappa shape index (κ1) is 14.2. The molecule has 1 aliphatic heterocycles. The van der Waals surface area contributed by atoms with Crippen LogP contribution in [0, 0.1) is 5.92 Å². The van der Waals surface area contributed by atoms with Crippen LogP contribution in [0.15, 0.2) is 46.7 Å². The molecule has 3 rings (SSSR count). The van der Waals surface area contributed by atoms with E-state index in [0.29, 0.717) is 0 Å². The van der Waals surface area contributed by atoms with Crippen LogP contribution in [-0.2, 0) is 11.8 Å². The van der Waals surface area contributed by atoms with Crippen molar-refractivity contribution in [3.05, 3.63) is 36.7 Å². The number of amides is 1. The highest BCUT2D eigenvalue weighted by atomic mass is 32.2. The summed E-state index contributed by atoms with van der Waals surface area (Å²) in [4.78, 5) is 17.4. The molecule has 1 amide bonds. The molecule has 0 spiro atoms. The van der Waals surface area contributed by atoms with Gasteiger partial charge in [0.05, 0.1) is 5.92 Å². The lowest BCUT2D eigenvalue weighted by molar-refractivity contribution is -0.119. The van der Waals surface area contributed by atoms with Gasteiger partial charge in [-0.3, -0.25) is 4.79 Å². The van der Waals surface area contributed by atoms with Crippen molar-refractivity contribution in [1.29, 1.82) is 0 Å². The van der Waals surface area contributed by atoms with Gasteiger partial charge in [-0.05, 0) is 37.2 Å². The number of rotatable bonds is 4. The van der Waals surface area contributed by atoms with Crippen LogP contribution in [0.4, 0.5) is 5.69 Å². The van der Waals surface area contributed by atoms with Crippen LogP contribution < -0.4 is 10.6 Å². The molecule has 2 heterocycles. The fourth-order valence-electron chi connectivity index (χ4n) is 2.28. The summed E-state index contributed by atoms with van der Waals surface area (Å²) in [5, 5.41) is 7.12. The molecule has 0 aliphatic carbocycles. The van der Waals surface area contributed by atoms with Crippen molar-refractivity contribution in [1.82, 2.24) is 14.9 Å². The smallest absolute Gasteiger partial charge is 0.228 e. The molecule has 0 bridgehead atoms. The molecule has 1 fully saturated rings. The van der Waals surface area contributed by atoms with Gasteiger partial charge in [0.1, 0.15) is 0 Å². The topological polar surface area (TPSA) is 59.0 Å². The maximum absolute atomic E-state index is 12.0. The van der Waals surface area contributed by atoms with E-state index in [1.807, 2.05) is 42.1 Å². The first-order chi connectivity index (χ1) is 10.2. The zero-order valence-electron chi connectivity index (χ0n) is 11.9. The number of carbonyl (C=O) groups excluding carboxylic acids is 1. The van der Waals surface area contributed by atoms with E-state index >= 15 is 0 Å². The molecular weight excluding hydrogens is 284 g/mol. The van der Waals surface area contributed by atoms with Gasteiger partial charge in [0, 0.05) is 36.6 Å². The minimum Gasteiger partial charge on any atom is -0.329 e. The molecule has 1 aromatic heterocycles. The van der Waals surface area contributed by atoms with Gasteiger partial charge in [0.15, 0.2) is 5.16 Å². The third kappa shape index (κ3) is 3.46. The minimum absolute atomic E-state index is 0.0895. The minimum atomic E-state index is 0.0895. The Morgan fingerprint density at radius 1 is 1.43 bits per heavy atom. The van der Waals surface area contributed by atoms with Crippen molar-refractivity contribution in [2.75, 3.05) is 18.4 Å². The Labute approximate surface area is 128 Å². The fourth-order valence-corrected chi connectivity index (χ4v) is 3.09. The Balaban J connectivity index is 1.61. The number of carbonyl (C=O) groups is 1. The monoisotopic (exact) mass is 302 g/mol. The van der Waals surface area contributed by atoms with E-state index < -0.39 is 0 Å². The fraction of sp³-hybridized carbons (Fsp3) is 0.333. The Kier molecular flexibility index (Phi) is 4.26. The van der Waals surface area contributed by atoms with E-state index in [9.17, 15) is 4.79 Å². The lowest BCUT2D eigenvalue weighted by atomic mass is 10.1. The third-order valence-electron chi connectivity index (χ3n) is 3.54. The molecule has 21 heavy (non-hydrogen) atoms. The molecule has 1 aliphatic rings. The zero-order valence-corrected chi connectivity index (χ0v) is 12.7. The number of nitrogens with zero attached hydrogens (tertiary/aromatic N) is 2. The van der Waals surface area contributed by atoms with E-state index in [1.54, 1.807) is 18.0 Å². The summed E-state index contributed by atoms with van der Waals surface area (Å²) in [7, 11) is 1.97. The summed E-state index contributed by atoms with van der Waals surface area (Å²) in [6.45, 7) is 1.70. The van der Waals surface area contributed by atoms with Crippen molar-refractivity contribution in [3.8, 4) is 0 Å². The zero-order chi connectivity index (χ0) is 14.7. The van der Waals surface area contributed by atoms with Crippen molar-refractivity contribution >= 4 is 23.4 Å². The van der Waals surface area contributed by atoms with Crippen LogP contribution in [0.25, 0.3) is 0 Å². The van der Waals surface area contributed by atoms with Crippen molar-refractivity contribution in [2.24, 2.45) is 13.0 Å². The molecule has 1 saturated heterocycles. The van der Waals surface area contributed by atoms with Crippen LogP contribution in [0.1, 0.15) is 6.42 Å². The number of imidazole rings is 1. The maximum Gasteiger partial charge on any atom is 0.228 e. The number of hydrogen-bond donors (Lipinski definition) is 2. The third-order valence-corrected chi connectivity index (χ3v) is 4.62.